The molecule has 1 aromatic rings. The van der Waals surface area contributed by atoms with Crippen molar-refractivity contribution in [2.75, 3.05) is 13.1 Å². The van der Waals surface area contributed by atoms with Crippen LogP contribution in [0.15, 0.2) is 24.3 Å². The normalized spacial score (nSPS) is 23.6. The zero-order valence-electron chi connectivity index (χ0n) is 12.2. The zero-order valence-corrected chi connectivity index (χ0v) is 12.2. The standard InChI is InChI=1S/C16H23FN2O/c1-3-8-16(9-10-18-11-16)15(20)19-12(2)13-6-4-5-7-14(13)17/h4-7,12,18H,3,8-11H2,1-2H3,(H,19,20). The second-order valence-corrected chi connectivity index (χ2v) is 5.67. The highest BCUT2D eigenvalue weighted by Gasteiger charge is 2.40. The van der Waals surface area contributed by atoms with Gasteiger partial charge in [-0.05, 0) is 32.4 Å². The van der Waals surface area contributed by atoms with E-state index in [9.17, 15) is 9.18 Å². The van der Waals surface area contributed by atoms with Gasteiger partial charge in [-0.3, -0.25) is 4.79 Å². The van der Waals surface area contributed by atoms with Crippen molar-refractivity contribution in [1.29, 1.82) is 0 Å². The molecule has 1 amide bonds. The van der Waals surface area contributed by atoms with Crippen LogP contribution < -0.4 is 10.6 Å². The van der Waals surface area contributed by atoms with Crippen LogP contribution in [0.2, 0.25) is 0 Å². The molecule has 2 rings (SSSR count). The molecule has 1 aliphatic rings. The summed E-state index contributed by atoms with van der Waals surface area (Å²) in [6.07, 6.45) is 2.70. The van der Waals surface area contributed by atoms with E-state index in [1.807, 2.05) is 6.92 Å². The topological polar surface area (TPSA) is 41.1 Å². The Morgan fingerprint density at radius 1 is 1.50 bits per heavy atom. The van der Waals surface area contributed by atoms with Crippen molar-refractivity contribution in [3.05, 3.63) is 35.6 Å². The number of hydrogen-bond acceptors (Lipinski definition) is 2. The molecule has 0 aliphatic carbocycles. The molecule has 110 valence electrons. The van der Waals surface area contributed by atoms with Gasteiger partial charge in [0.2, 0.25) is 5.91 Å². The smallest absolute Gasteiger partial charge is 0.228 e. The lowest BCUT2D eigenvalue weighted by molar-refractivity contribution is -0.131. The van der Waals surface area contributed by atoms with Crippen molar-refractivity contribution in [2.45, 2.75) is 39.2 Å². The third kappa shape index (κ3) is 3.01. The summed E-state index contributed by atoms with van der Waals surface area (Å²) in [4.78, 5) is 12.6. The predicted molar refractivity (Wildman–Crippen MR) is 77.8 cm³/mol. The highest BCUT2D eigenvalue weighted by atomic mass is 19.1. The highest BCUT2D eigenvalue weighted by Crippen LogP contribution is 2.32. The average molecular weight is 278 g/mol. The van der Waals surface area contributed by atoms with Gasteiger partial charge in [-0.15, -0.1) is 0 Å². The summed E-state index contributed by atoms with van der Waals surface area (Å²) in [7, 11) is 0. The van der Waals surface area contributed by atoms with Crippen LogP contribution in [-0.4, -0.2) is 19.0 Å². The Hall–Kier alpha value is -1.42. The largest absolute Gasteiger partial charge is 0.349 e. The van der Waals surface area contributed by atoms with E-state index >= 15 is 0 Å². The molecule has 2 atom stereocenters. The van der Waals surface area contributed by atoms with E-state index in [1.54, 1.807) is 18.2 Å². The van der Waals surface area contributed by atoms with Gasteiger partial charge in [-0.1, -0.05) is 31.5 Å². The maximum Gasteiger partial charge on any atom is 0.228 e. The van der Waals surface area contributed by atoms with Crippen LogP contribution in [0.5, 0.6) is 0 Å². The van der Waals surface area contributed by atoms with E-state index in [2.05, 4.69) is 17.6 Å². The minimum absolute atomic E-state index is 0.0418. The Morgan fingerprint density at radius 3 is 2.85 bits per heavy atom. The van der Waals surface area contributed by atoms with Gasteiger partial charge in [0.15, 0.2) is 0 Å². The fourth-order valence-electron chi connectivity index (χ4n) is 3.00. The molecular weight excluding hydrogens is 255 g/mol. The van der Waals surface area contributed by atoms with Gasteiger partial charge in [-0.2, -0.15) is 0 Å². The lowest BCUT2D eigenvalue weighted by Gasteiger charge is -2.28. The molecule has 1 heterocycles. The van der Waals surface area contributed by atoms with Crippen LogP contribution in [0, 0.1) is 11.2 Å². The van der Waals surface area contributed by atoms with E-state index in [-0.39, 0.29) is 23.2 Å². The fourth-order valence-corrected chi connectivity index (χ4v) is 3.00. The van der Waals surface area contributed by atoms with Crippen molar-refractivity contribution in [3.63, 3.8) is 0 Å². The Morgan fingerprint density at radius 2 is 2.25 bits per heavy atom. The maximum absolute atomic E-state index is 13.7. The first kappa shape index (κ1) is 15.0. The molecule has 0 aromatic heterocycles. The van der Waals surface area contributed by atoms with Gasteiger partial charge in [0.1, 0.15) is 5.82 Å². The lowest BCUT2D eigenvalue weighted by atomic mass is 9.81. The summed E-state index contributed by atoms with van der Waals surface area (Å²) in [6, 6.07) is 6.29. The van der Waals surface area contributed by atoms with Crippen LogP contribution in [-0.2, 0) is 4.79 Å². The van der Waals surface area contributed by atoms with Gasteiger partial charge < -0.3 is 10.6 Å². The van der Waals surface area contributed by atoms with Gasteiger partial charge in [-0.25, -0.2) is 4.39 Å². The second kappa shape index (κ2) is 6.35. The van der Waals surface area contributed by atoms with E-state index in [0.717, 1.165) is 32.4 Å². The lowest BCUT2D eigenvalue weighted by Crippen LogP contribution is -2.43. The second-order valence-electron chi connectivity index (χ2n) is 5.67. The molecular formula is C16H23FN2O. The molecule has 1 saturated heterocycles. The number of nitrogens with one attached hydrogen (secondary N) is 2. The molecule has 2 unspecified atom stereocenters. The van der Waals surface area contributed by atoms with Crippen LogP contribution in [0.3, 0.4) is 0 Å². The van der Waals surface area contributed by atoms with Crippen molar-refractivity contribution < 1.29 is 9.18 Å². The van der Waals surface area contributed by atoms with E-state index < -0.39 is 0 Å². The molecule has 0 radical (unpaired) electrons. The Kier molecular flexibility index (Phi) is 4.76. The van der Waals surface area contributed by atoms with Gasteiger partial charge >= 0.3 is 0 Å². The fraction of sp³-hybridized carbons (Fsp3) is 0.562. The molecule has 0 saturated carbocycles. The maximum atomic E-state index is 13.7. The number of carbonyl (C=O) groups is 1. The van der Waals surface area contributed by atoms with Crippen molar-refractivity contribution in [1.82, 2.24) is 10.6 Å². The van der Waals surface area contributed by atoms with Crippen LogP contribution in [0.1, 0.15) is 44.7 Å². The minimum Gasteiger partial charge on any atom is -0.349 e. The summed E-state index contributed by atoms with van der Waals surface area (Å²) in [5, 5.41) is 6.25. The summed E-state index contributed by atoms with van der Waals surface area (Å²) >= 11 is 0. The Labute approximate surface area is 120 Å². The molecule has 2 N–H and O–H groups in total. The molecule has 1 fully saturated rings. The predicted octanol–water partition coefficient (Wildman–Crippen LogP) is 2.78. The Balaban J connectivity index is 2.08. The Bertz CT molecular complexity index is 469. The van der Waals surface area contributed by atoms with E-state index in [4.69, 9.17) is 0 Å². The van der Waals surface area contributed by atoms with Gasteiger partial charge in [0.05, 0.1) is 11.5 Å². The SMILES string of the molecule is CCCC1(C(=O)NC(C)c2ccccc2F)CCNC1. The van der Waals surface area contributed by atoms with Crippen LogP contribution in [0.25, 0.3) is 0 Å². The molecule has 4 heteroatoms. The summed E-state index contributed by atoms with van der Waals surface area (Å²) in [5.74, 6) is -0.227. The number of amides is 1. The van der Waals surface area contributed by atoms with Gasteiger partial charge in [0, 0.05) is 12.1 Å². The number of rotatable bonds is 5. The number of halogens is 1. The summed E-state index contributed by atoms with van der Waals surface area (Å²) < 4.78 is 13.7. The highest BCUT2D eigenvalue weighted by molar-refractivity contribution is 5.83. The molecule has 0 spiro atoms. The number of hydrogen-bond donors (Lipinski definition) is 2. The van der Waals surface area contributed by atoms with Crippen LogP contribution >= 0.6 is 0 Å². The number of carbonyl (C=O) groups excluding carboxylic acids is 1. The monoisotopic (exact) mass is 278 g/mol. The first-order valence-electron chi connectivity index (χ1n) is 7.35. The van der Waals surface area contributed by atoms with Gasteiger partial charge in [0.25, 0.3) is 0 Å². The third-order valence-corrected chi connectivity index (χ3v) is 4.17. The van der Waals surface area contributed by atoms with Crippen LogP contribution in [0.4, 0.5) is 4.39 Å². The van der Waals surface area contributed by atoms with Crippen molar-refractivity contribution in [2.24, 2.45) is 5.41 Å². The molecule has 1 aromatic carbocycles. The van der Waals surface area contributed by atoms with E-state index in [0.29, 0.717) is 5.56 Å². The summed E-state index contributed by atoms with van der Waals surface area (Å²) in [5.41, 5.74) is 0.215. The zero-order chi connectivity index (χ0) is 14.6. The molecule has 1 aliphatic heterocycles. The quantitative estimate of drug-likeness (QED) is 0.869. The van der Waals surface area contributed by atoms with E-state index in [1.165, 1.54) is 6.07 Å². The minimum atomic E-state index is -0.325. The third-order valence-electron chi connectivity index (χ3n) is 4.17. The average Bonchev–Trinajstić information content (AvgIpc) is 2.89. The molecule has 20 heavy (non-hydrogen) atoms. The molecule has 3 nitrogen and oxygen atoms in total. The number of benzene rings is 1. The first-order chi connectivity index (χ1) is 9.59. The van der Waals surface area contributed by atoms with Crippen molar-refractivity contribution >= 4 is 5.91 Å². The molecule has 0 bridgehead atoms. The first-order valence-corrected chi connectivity index (χ1v) is 7.35. The van der Waals surface area contributed by atoms with Crippen molar-refractivity contribution in [3.8, 4) is 0 Å². The summed E-state index contributed by atoms with van der Waals surface area (Å²) in [6.45, 7) is 5.52.